The van der Waals surface area contributed by atoms with E-state index in [1.165, 1.54) is 39.6 Å². The van der Waals surface area contributed by atoms with Gasteiger partial charge in [0.05, 0.1) is 17.8 Å². The van der Waals surface area contributed by atoms with Gasteiger partial charge in [-0.2, -0.15) is 9.40 Å². The Morgan fingerprint density at radius 2 is 2.12 bits per heavy atom. The number of carbonyl (C=O) groups is 1. The van der Waals surface area contributed by atoms with Gasteiger partial charge in [0.15, 0.2) is 0 Å². The standard InChI is InChI=1S/C17H18FN3O4S/c18-14-5-1-2-6-15(14)21-10-13(8-19-21)26(24,25)20-9-12-4-3-7-17(12,11-20)16(22)23/h1-2,5-6,8,10,12H,3-4,7,9,11H2,(H,22,23)/t12-,17+/m0/s1. The van der Waals surface area contributed by atoms with E-state index in [0.29, 0.717) is 12.8 Å². The van der Waals surface area contributed by atoms with Crippen LogP contribution in [0, 0.1) is 17.2 Å². The van der Waals surface area contributed by atoms with Gasteiger partial charge >= 0.3 is 5.97 Å². The van der Waals surface area contributed by atoms with E-state index in [0.717, 1.165) is 6.42 Å². The molecule has 138 valence electrons. The Morgan fingerprint density at radius 3 is 2.81 bits per heavy atom. The Morgan fingerprint density at radius 1 is 1.35 bits per heavy atom. The Bertz CT molecular complexity index is 974. The quantitative estimate of drug-likeness (QED) is 0.876. The first kappa shape index (κ1) is 17.2. The summed E-state index contributed by atoms with van der Waals surface area (Å²) in [7, 11) is -3.89. The fraction of sp³-hybridized carbons (Fsp3) is 0.412. The Kier molecular flexibility index (Phi) is 3.89. The van der Waals surface area contributed by atoms with E-state index in [1.807, 2.05) is 0 Å². The lowest BCUT2D eigenvalue weighted by atomic mass is 9.81. The van der Waals surface area contributed by atoms with Crippen molar-refractivity contribution in [3.63, 3.8) is 0 Å². The van der Waals surface area contributed by atoms with Crippen LogP contribution in [0.25, 0.3) is 5.69 Å². The number of fused-ring (bicyclic) bond motifs is 1. The molecule has 0 unspecified atom stereocenters. The van der Waals surface area contributed by atoms with E-state index in [4.69, 9.17) is 0 Å². The van der Waals surface area contributed by atoms with Gasteiger partial charge in [-0.3, -0.25) is 4.79 Å². The number of aromatic nitrogens is 2. The van der Waals surface area contributed by atoms with E-state index in [1.54, 1.807) is 6.07 Å². The van der Waals surface area contributed by atoms with Gasteiger partial charge in [-0.25, -0.2) is 17.5 Å². The van der Waals surface area contributed by atoms with Crippen molar-refractivity contribution in [2.45, 2.75) is 24.2 Å². The number of halogens is 1. The van der Waals surface area contributed by atoms with Crippen molar-refractivity contribution < 1.29 is 22.7 Å². The number of nitrogens with zero attached hydrogens (tertiary/aromatic N) is 3. The van der Waals surface area contributed by atoms with Gasteiger partial charge in [-0.15, -0.1) is 0 Å². The molecule has 0 spiro atoms. The zero-order valence-corrected chi connectivity index (χ0v) is 14.7. The normalized spacial score (nSPS) is 26.1. The highest BCUT2D eigenvalue weighted by atomic mass is 32.2. The molecule has 7 nitrogen and oxygen atoms in total. The van der Waals surface area contributed by atoms with E-state index in [9.17, 15) is 22.7 Å². The van der Waals surface area contributed by atoms with Crippen molar-refractivity contribution in [1.29, 1.82) is 0 Å². The summed E-state index contributed by atoms with van der Waals surface area (Å²) in [6.45, 7) is 0.166. The first-order chi connectivity index (χ1) is 12.3. The molecular weight excluding hydrogens is 361 g/mol. The predicted molar refractivity (Wildman–Crippen MR) is 89.7 cm³/mol. The van der Waals surface area contributed by atoms with Crippen LogP contribution < -0.4 is 0 Å². The summed E-state index contributed by atoms with van der Waals surface area (Å²) in [5.74, 6) is -1.61. The molecule has 2 aliphatic rings. The molecule has 9 heteroatoms. The lowest BCUT2D eigenvalue weighted by Crippen LogP contribution is -2.37. The van der Waals surface area contributed by atoms with Gasteiger partial charge in [0.25, 0.3) is 0 Å². The molecule has 1 saturated carbocycles. The second kappa shape index (κ2) is 5.88. The average molecular weight is 379 g/mol. The molecule has 2 fully saturated rings. The third-order valence-electron chi connectivity index (χ3n) is 5.56. The van der Waals surface area contributed by atoms with Gasteiger partial charge in [0, 0.05) is 13.1 Å². The number of benzene rings is 1. The molecule has 1 saturated heterocycles. The Balaban J connectivity index is 1.65. The second-order valence-corrected chi connectivity index (χ2v) is 8.86. The molecular formula is C17H18FN3O4S. The van der Waals surface area contributed by atoms with Crippen molar-refractivity contribution in [2.75, 3.05) is 13.1 Å². The number of hydrogen-bond acceptors (Lipinski definition) is 4. The molecule has 1 aliphatic carbocycles. The fourth-order valence-electron chi connectivity index (χ4n) is 4.13. The van der Waals surface area contributed by atoms with Crippen molar-refractivity contribution in [3.8, 4) is 5.69 Å². The van der Waals surface area contributed by atoms with Crippen LogP contribution in [-0.2, 0) is 14.8 Å². The summed E-state index contributed by atoms with van der Waals surface area (Å²) in [5, 5.41) is 13.6. The van der Waals surface area contributed by atoms with Gasteiger partial charge < -0.3 is 5.11 Å². The van der Waals surface area contributed by atoms with Crippen LogP contribution in [0.1, 0.15) is 19.3 Å². The third kappa shape index (κ3) is 2.45. The topological polar surface area (TPSA) is 92.5 Å². The van der Waals surface area contributed by atoms with Crippen LogP contribution in [0.15, 0.2) is 41.6 Å². The molecule has 26 heavy (non-hydrogen) atoms. The van der Waals surface area contributed by atoms with Crippen LogP contribution in [0.5, 0.6) is 0 Å². The van der Waals surface area contributed by atoms with Crippen LogP contribution in [0.4, 0.5) is 4.39 Å². The minimum Gasteiger partial charge on any atom is -0.481 e. The van der Waals surface area contributed by atoms with Crippen LogP contribution in [0.3, 0.4) is 0 Å². The smallest absolute Gasteiger partial charge is 0.311 e. The maximum atomic E-state index is 13.9. The highest BCUT2D eigenvalue weighted by Gasteiger charge is 2.57. The SMILES string of the molecule is O=C(O)[C@@]12CCC[C@H]1CN(S(=O)(=O)c1cnn(-c3ccccc3F)c1)C2. The molecule has 2 heterocycles. The molecule has 1 N–H and O–H groups in total. The Hall–Kier alpha value is -2.26. The predicted octanol–water partition coefficient (Wildman–Crippen LogP) is 1.89. The number of aliphatic carboxylic acids is 1. The first-order valence-electron chi connectivity index (χ1n) is 8.38. The summed E-state index contributed by atoms with van der Waals surface area (Å²) in [6, 6.07) is 5.93. The number of para-hydroxylation sites is 1. The number of hydrogen-bond donors (Lipinski definition) is 1. The van der Waals surface area contributed by atoms with E-state index < -0.39 is 27.2 Å². The summed E-state index contributed by atoms with van der Waals surface area (Å²) < 4.78 is 42.2. The largest absolute Gasteiger partial charge is 0.481 e. The Labute approximate surface area is 150 Å². The summed E-state index contributed by atoms with van der Waals surface area (Å²) in [5.41, 5.74) is -0.844. The van der Waals surface area contributed by atoms with Crippen molar-refractivity contribution >= 4 is 16.0 Å². The first-order valence-corrected chi connectivity index (χ1v) is 9.82. The highest BCUT2D eigenvalue weighted by Crippen LogP contribution is 2.50. The molecule has 2 atom stereocenters. The van der Waals surface area contributed by atoms with Gasteiger partial charge in [-0.05, 0) is 30.9 Å². The summed E-state index contributed by atoms with van der Waals surface area (Å²) >= 11 is 0. The number of rotatable bonds is 4. The number of carboxylic acid groups (broad SMARTS) is 1. The molecule has 1 aliphatic heterocycles. The van der Waals surface area contributed by atoms with E-state index in [-0.39, 0.29) is 29.6 Å². The average Bonchev–Trinajstić information content (AvgIpc) is 3.29. The van der Waals surface area contributed by atoms with E-state index >= 15 is 0 Å². The highest BCUT2D eigenvalue weighted by molar-refractivity contribution is 7.89. The third-order valence-corrected chi connectivity index (χ3v) is 7.33. The molecule has 1 aromatic carbocycles. The van der Waals surface area contributed by atoms with Crippen LogP contribution in [-0.4, -0.2) is 46.7 Å². The number of carboxylic acids is 1. The van der Waals surface area contributed by atoms with Crippen LogP contribution in [0.2, 0.25) is 0 Å². The lowest BCUT2D eigenvalue weighted by Gasteiger charge is -2.23. The summed E-state index contributed by atoms with van der Waals surface area (Å²) in [6.07, 6.45) is 4.44. The fourth-order valence-corrected chi connectivity index (χ4v) is 5.62. The monoisotopic (exact) mass is 379 g/mol. The molecule has 0 amide bonds. The van der Waals surface area contributed by atoms with Crippen molar-refractivity contribution in [3.05, 3.63) is 42.5 Å². The van der Waals surface area contributed by atoms with Gasteiger partial charge in [0.1, 0.15) is 16.4 Å². The minimum atomic E-state index is -3.89. The lowest BCUT2D eigenvalue weighted by molar-refractivity contribution is -0.149. The zero-order valence-electron chi connectivity index (χ0n) is 13.9. The molecule has 4 rings (SSSR count). The molecule has 2 aromatic rings. The van der Waals surface area contributed by atoms with Crippen LogP contribution >= 0.6 is 0 Å². The van der Waals surface area contributed by atoms with Crippen molar-refractivity contribution in [2.24, 2.45) is 11.3 Å². The molecule has 0 bridgehead atoms. The second-order valence-electron chi connectivity index (χ2n) is 6.92. The van der Waals surface area contributed by atoms with Gasteiger partial charge in [-0.1, -0.05) is 18.6 Å². The molecule has 1 aromatic heterocycles. The number of sulfonamides is 1. The molecule has 0 radical (unpaired) electrons. The maximum absolute atomic E-state index is 13.9. The maximum Gasteiger partial charge on any atom is 0.311 e. The van der Waals surface area contributed by atoms with Crippen molar-refractivity contribution in [1.82, 2.24) is 14.1 Å². The minimum absolute atomic E-state index is 0.0276. The zero-order chi connectivity index (χ0) is 18.5. The summed E-state index contributed by atoms with van der Waals surface area (Å²) in [4.78, 5) is 11.7. The van der Waals surface area contributed by atoms with E-state index in [2.05, 4.69) is 5.10 Å². The van der Waals surface area contributed by atoms with Gasteiger partial charge in [0.2, 0.25) is 10.0 Å².